The predicted octanol–water partition coefficient (Wildman–Crippen LogP) is 2.80. The summed E-state index contributed by atoms with van der Waals surface area (Å²) in [5.74, 6) is 1.22. The van der Waals surface area contributed by atoms with Gasteiger partial charge in [0.15, 0.2) is 0 Å². The van der Waals surface area contributed by atoms with Crippen LogP contribution in [0.1, 0.15) is 39.0 Å². The molecule has 0 radical (unpaired) electrons. The Labute approximate surface area is 78.7 Å². The van der Waals surface area contributed by atoms with Gasteiger partial charge in [0, 0.05) is 0 Å². The molecule has 1 unspecified atom stereocenters. The summed E-state index contributed by atoms with van der Waals surface area (Å²) < 4.78 is 24.3. The van der Waals surface area contributed by atoms with Crippen molar-refractivity contribution in [2.75, 3.05) is 0 Å². The molecule has 0 saturated heterocycles. The van der Waals surface area contributed by atoms with Gasteiger partial charge in [-0.3, -0.25) is 0 Å². The summed E-state index contributed by atoms with van der Waals surface area (Å²) >= 11 is 0. The molecule has 0 spiro atoms. The molecule has 1 fully saturated rings. The zero-order chi connectivity index (χ0) is 9.84. The molecule has 13 heavy (non-hydrogen) atoms. The number of halogens is 2. The Bertz CT molecular complexity index is 142. The van der Waals surface area contributed by atoms with Crippen LogP contribution in [0.2, 0.25) is 0 Å². The second kappa shape index (κ2) is 4.89. The van der Waals surface area contributed by atoms with E-state index in [1.54, 1.807) is 0 Å². The van der Waals surface area contributed by atoms with Crippen LogP contribution < -0.4 is 5.73 Å². The van der Waals surface area contributed by atoms with Gasteiger partial charge in [-0.05, 0) is 18.3 Å². The van der Waals surface area contributed by atoms with Crippen LogP contribution in [-0.2, 0) is 0 Å². The van der Waals surface area contributed by atoms with E-state index >= 15 is 0 Å². The van der Waals surface area contributed by atoms with Crippen molar-refractivity contribution in [1.29, 1.82) is 0 Å². The van der Waals surface area contributed by atoms with Gasteiger partial charge in [-0.15, -0.1) is 0 Å². The van der Waals surface area contributed by atoms with Gasteiger partial charge in [-0.2, -0.15) is 0 Å². The van der Waals surface area contributed by atoms with Crippen LogP contribution in [0, 0.1) is 11.8 Å². The van der Waals surface area contributed by atoms with Gasteiger partial charge in [0.1, 0.15) is 0 Å². The van der Waals surface area contributed by atoms with Gasteiger partial charge in [0.2, 0.25) is 0 Å². The molecule has 1 saturated carbocycles. The zero-order valence-corrected chi connectivity index (χ0v) is 8.18. The Morgan fingerprint density at radius 2 is 1.77 bits per heavy atom. The monoisotopic (exact) mass is 191 g/mol. The zero-order valence-electron chi connectivity index (χ0n) is 8.18. The van der Waals surface area contributed by atoms with E-state index in [1.807, 2.05) is 0 Å². The molecule has 1 rings (SSSR count). The molecule has 0 amide bonds. The molecule has 1 nitrogen and oxygen atoms in total. The van der Waals surface area contributed by atoms with E-state index in [2.05, 4.69) is 6.92 Å². The highest BCUT2D eigenvalue weighted by molar-refractivity contribution is 4.75. The Hall–Kier alpha value is -0.180. The van der Waals surface area contributed by atoms with Crippen molar-refractivity contribution in [1.82, 2.24) is 0 Å². The largest absolute Gasteiger partial charge is 0.323 e. The number of hydrogen-bond donors (Lipinski definition) is 1. The minimum absolute atomic E-state index is 0.445. The van der Waals surface area contributed by atoms with Crippen molar-refractivity contribution >= 4 is 0 Å². The topological polar surface area (TPSA) is 26.0 Å². The second-order valence-corrected chi connectivity index (χ2v) is 4.36. The van der Waals surface area contributed by atoms with Crippen molar-refractivity contribution in [2.24, 2.45) is 17.6 Å². The number of hydrogen-bond acceptors (Lipinski definition) is 1. The average molecular weight is 191 g/mol. The molecular formula is C10H19F2N. The van der Waals surface area contributed by atoms with Crippen LogP contribution >= 0.6 is 0 Å². The Kier molecular flexibility index (Phi) is 4.10. The number of rotatable bonds is 3. The molecule has 0 aromatic rings. The van der Waals surface area contributed by atoms with Gasteiger partial charge in [0.25, 0.3) is 6.43 Å². The van der Waals surface area contributed by atoms with E-state index in [-0.39, 0.29) is 0 Å². The molecular weight excluding hydrogens is 172 g/mol. The summed E-state index contributed by atoms with van der Waals surface area (Å²) in [4.78, 5) is 0. The lowest BCUT2D eigenvalue weighted by molar-refractivity contribution is 0.0973. The highest BCUT2D eigenvalue weighted by atomic mass is 19.3. The highest BCUT2D eigenvalue weighted by Crippen LogP contribution is 2.31. The van der Waals surface area contributed by atoms with Gasteiger partial charge in [0.05, 0.1) is 6.04 Å². The van der Waals surface area contributed by atoms with Crippen molar-refractivity contribution in [3.05, 3.63) is 0 Å². The Morgan fingerprint density at radius 3 is 2.23 bits per heavy atom. The summed E-state index contributed by atoms with van der Waals surface area (Å²) in [6.45, 7) is 2.23. The Balaban J connectivity index is 2.22. The predicted molar refractivity (Wildman–Crippen MR) is 49.7 cm³/mol. The fraction of sp³-hybridized carbons (Fsp3) is 1.00. The third-order valence-electron chi connectivity index (χ3n) is 3.06. The summed E-state index contributed by atoms with van der Waals surface area (Å²) in [7, 11) is 0. The summed E-state index contributed by atoms with van der Waals surface area (Å²) in [6, 6.07) is -0.904. The van der Waals surface area contributed by atoms with Crippen LogP contribution in [0.4, 0.5) is 8.78 Å². The van der Waals surface area contributed by atoms with E-state index in [9.17, 15) is 8.78 Å². The van der Waals surface area contributed by atoms with Gasteiger partial charge < -0.3 is 5.73 Å². The molecule has 1 aliphatic carbocycles. The summed E-state index contributed by atoms with van der Waals surface area (Å²) in [5, 5.41) is 0. The van der Waals surface area contributed by atoms with Gasteiger partial charge in [-0.1, -0.05) is 32.6 Å². The number of nitrogens with two attached hydrogens (primary N) is 1. The van der Waals surface area contributed by atoms with Crippen molar-refractivity contribution < 1.29 is 8.78 Å². The lowest BCUT2D eigenvalue weighted by Gasteiger charge is -2.27. The fourth-order valence-electron chi connectivity index (χ4n) is 2.05. The molecule has 2 N–H and O–H groups in total. The van der Waals surface area contributed by atoms with Crippen LogP contribution in [0.5, 0.6) is 0 Å². The minimum Gasteiger partial charge on any atom is -0.323 e. The van der Waals surface area contributed by atoms with Crippen LogP contribution in [0.25, 0.3) is 0 Å². The lowest BCUT2D eigenvalue weighted by Crippen LogP contribution is -2.32. The van der Waals surface area contributed by atoms with Crippen molar-refractivity contribution in [2.45, 2.75) is 51.5 Å². The molecule has 3 heteroatoms. The number of alkyl halides is 2. The first-order valence-electron chi connectivity index (χ1n) is 5.13. The maximum Gasteiger partial charge on any atom is 0.253 e. The second-order valence-electron chi connectivity index (χ2n) is 4.36. The SMILES string of the molecule is CC1CCC(CC(N)C(F)F)CC1. The molecule has 0 heterocycles. The quantitative estimate of drug-likeness (QED) is 0.729. The molecule has 1 aliphatic rings. The Morgan fingerprint density at radius 1 is 1.23 bits per heavy atom. The standard InChI is InChI=1S/C10H19F2N/c1-7-2-4-8(5-3-7)6-9(13)10(11)12/h7-10H,2-6,13H2,1H3. The third kappa shape index (κ3) is 3.59. The van der Waals surface area contributed by atoms with Crippen molar-refractivity contribution in [3.63, 3.8) is 0 Å². The van der Waals surface area contributed by atoms with Gasteiger partial charge in [-0.25, -0.2) is 8.78 Å². The maximum absolute atomic E-state index is 12.1. The minimum atomic E-state index is -2.35. The van der Waals surface area contributed by atoms with E-state index in [0.29, 0.717) is 12.3 Å². The average Bonchev–Trinajstić information content (AvgIpc) is 2.08. The molecule has 1 atom stereocenters. The summed E-state index contributed by atoms with van der Waals surface area (Å²) in [5.41, 5.74) is 5.33. The lowest BCUT2D eigenvalue weighted by atomic mass is 9.80. The van der Waals surface area contributed by atoms with Crippen LogP contribution in [0.3, 0.4) is 0 Å². The smallest absolute Gasteiger partial charge is 0.253 e. The van der Waals surface area contributed by atoms with E-state index in [4.69, 9.17) is 5.73 Å². The first-order chi connectivity index (χ1) is 6.09. The highest BCUT2D eigenvalue weighted by Gasteiger charge is 2.24. The molecule has 0 aromatic heterocycles. The van der Waals surface area contributed by atoms with Gasteiger partial charge >= 0.3 is 0 Å². The molecule has 0 aliphatic heterocycles. The molecule has 0 bridgehead atoms. The van der Waals surface area contributed by atoms with Crippen LogP contribution in [0.15, 0.2) is 0 Å². The van der Waals surface area contributed by atoms with Crippen LogP contribution in [-0.4, -0.2) is 12.5 Å². The first kappa shape index (κ1) is 10.9. The normalized spacial score (nSPS) is 32.1. The van der Waals surface area contributed by atoms with E-state index in [1.165, 1.54) is 12.8 Å². The molecule has 0 aromatic carbocycles. The fourth-order valence-corrected chi connectivity index (χ4v) is 2.05. The first-order valence-corrected chi connectivity index (χ1v) is 5.13. The third-order valence-corrected chi connectivity index (χ3v) is 3.06. The van der Waals surface area contributed by atoms with E-state index < -0.39 is 12.5 Å². The maximum atomic E-state index is 12.1. The van der Waals surface area contributed by atoms with Crippen molar-refractivity contribution in [3.8, 4) is 0 Å². The molecule has 78 valence electrons. The summed E-state index contributed by atoms with van der Waals surface area (Å²) in [6.07, 6.45) is 2.69. The van der Waals surface area contributed by atoms with E-state index in [0.717, 1.165) is 18.8 Å².